The van der Waals surface area contributed by atoms with Crippen molar-refractivity contribution in [2.45, 2.75) is 20.3 Å². The van der Waals surface area contributed by atoms with E-state index >= 15 is 0 Å². The number of aromatic amines is 1. The number of nitrogens with zero attached hydrogens (tertiary/aromatic N) is 1. The highest BCUT2D eigenvalue weighted by Gasteiger charge is 2.09. The van der Waals surface area contributed by atoms with E-state index in [1.54, 1.807) is 18.2 Å². The summed E-state index contributed by atoms with van der Waals surface area (Å²) in [5.74, 6) is 0.412. The summed E-state index contributed by atoms with van der Waals surface area (Å²) in [6.45, 7) is 2.75. The molecule has 0 unspecified atom stereocenters. The van der Waals surface area contributed by atoms with E-state index in [1.165, 1.54) is 13.8 Å². The normalized spacial score (nSPS) is 13.5. The highest BCUT2D eigenvalue weighted by Crippen LogP contribution is 2.25. The van der Waals surface area contributed by atoms with Gasteiger partial charge in [0, 0.05) is 25.8 Å². The van der Waals surface area contributed by atoms with E-state index in [9.17, 15) is 9.59 Å². The van der Waals surface area contributed by atoms with Crippen molar-refractivity contribution in [1.29, 1.82) is 0 Å². The van der Waals surface area contributed by atoms with Gasteiger partial charge in [-0.3, -0.25) is 14.7 Å². The minimum Gasteiger partial charge on any atom is -0.431 e. The Labute approximate surface area is 150 Å². The Hall–Kier alpha value is -3.41. The summed E-state index contributed by atoms with van der Waals surface area (Å²) in [6.07, 6.45) is 8.06. The van der Waals surface area contributed by atoms with Gasteiger partial charge in [0.25, 0.3) is 0 Å². The number of carbonyl (C=O) groups is 2. The van der Waals surface area contributed by atoms with E-state index in [0.29, 0.717) is 17.9 Å². The molecule has 132 valence electrons. The summed E-state index contributed by atoms with van der Waals surface area (Å²) in [5, 5.41) is 7.35. The van der Waals surface area contributed by atoms with Gasteiger partial charge in [0.2, 0.25) is 0 Å². The number of esters is 2. The summed E-state index contributed by atoms with van der Waals surface area (Å²) in [7, 11) is 0. The lowest BCUT2D eigenvalue weighted by Gasteiger charge is -2.02. The van der Waals surface area contributed by atoms with Crippen LogP contribution in [0.3, 0.4) is 0 Å². The SMILES string of the molecule is CC(=O)OC1=CC=C(c2cc(-c3ccc(OC(C)=O)cc3)[nH]n2)C=CC1. The number of ether oxygens (including phenoxy) is 2. The number of H-pyrrole nitrogens is 1. The number of rotatable bonds is 4. The molecule has 1 N–H and O–H groups in total. The van der Waals surface area contributed by atoms with Gasteiger partial charge in [-0.25, -0.2) is 0 Å². The lowest BCUT2D eigenvalue weighted by atomic mass is 10.1. The second kappa shape index (κ2) is 7.65. The fraction of sp³-hybridized carbons (Fsp3) is 0.150. The zero-order valence-electron chi connectivity index (χ0n) is 14.5. The molecule has 0 amide bonds. The third-order valence-electron chi connectivity index (χ3n) is 3.64. The molecule has 0 bridgehead atoms. The van der Waals surface area contributed by atoms with Gasteiger partial charge in [0.1, 0.15) is 11.5 Å². The molecule has 0 fully saturated rings. The first-order valence-corrected chi connectivity index (χ1v) is 8.12. The predicted molar refractivity (Wildman–Crippen MR) is 96.9 cm³/mol. The summed E-state index contributed by atoms with van der Waals surface area (Å²) in [5.41, 5.74) is 3.46. The number of benzene rings is 1. The van der Waals surface area contributed by atoms with Crippen LogP contribution in [0, 0.1) is 0 Å². The number of allylic oxidation sites excluding steroid dienone is 5. The summed E-state index contributed by atoms with van der Waals surface area (Å²) >= 11 is 0. The highest BCUT2D eigenvalue weighted by atomic mass is 16.5. The first-order chi connectivity index (χ1) is 12.5. The van der Waals surface area contributed by atoms with E-state index in [2.05, 4.69) is 10.2 Å². The van der Waals surface area contributed by atoms with Crippen LogP contribution < -0.4 is 4.74 Å². The molecule has 1 heterocycles. The van der Waals surface area contributed by atoms with Crippen LogP contribution in [0.5, 0.6) is 5.75 Å². The third kappa shape index (κ3) is 4.36. The molecule has 0 radical (unpaired) electrons. The third-order valence-corrected chi connectivity index (χ3v) is 3.64. The van der Waals surface area contributed by atoms with Crippen molar-refractivity contribution >= 4 is 17.5 Å². The molecule has 26 heavy (non-hydrogen) atoms. The molecule has 0 spiro atoms. The lowest BCUT2D eigenvalue weighted by molar-refractivity contribution is -0.137. The minimum absolute atomic E-state index is 0.333. The van der Waals surface area contributed by atoms with E-state index in [1.807, 2.05) is 36.4 Å². The zero-order valence-corrected chi connectivity index (χ0v) is 14.5. The Morgan fingerprint density at radius 1 is 1.04 bits per heavy atom. The van der Waals surface area contributed by atoms with Gasteiger partial charge in [-0.05, 0) is 48.0 Å². The van der Waals surface area contributed by atoms with Gasteiger partial charge >= 0.3 is 11.9 Å². The van der Waals surface area contributed by atoms with Gasteiger partial charge in [0.05, 0.1) is 11.4 Å². The number of hydrogen-bond donors (Lipinski definition) is 1. The van der Waals surface area contributed by atoms with Crippen molar-refractivity contribution in [2.24, 2.45) is 0 Å². The van der Waals surface area contributed by atoms with Crippen LogP contribution in [-0.4, -0.2) is 22.1 Å². The molecular weight excluding hydrogens is 332 g/mol. The van der Waals surface area contributed by atoms with Crippen LogP contribution >= 0.6 is 0 Å². The molecule has 1 aliphatic rings. The van der Waals surface area contributed by atoms with Crippen LogP contribution in [0.2, 0.25) is 0 Å². The molecule has 1 aromatic carbocycles. The van der Waals surface area contributed by atoms with E-state index in [-0.39, 0.29) is 11.9 Å². The summed E-state index contributed by atoms with van der Waals surface area (Å²) in [4.78, 5) is 22.0. The van der Waals surface area contributed by atoms with Gasteiger partial charge in [-0.2, -0.15) is 5.10 Å². The average molecular weight is 350 g/mol. The van der Waals surface area contributed by atoms with Crippen molar-refractivity contribution in [3.63, 3.8) is 0 Å². The highest BCUT2D eigenvalue weighted by molar-refractivity contribution is 5.77. The summed E-state index contributed by atoms with van der Waals surface area (Å²) in [6, 6.07) is 9.10. The predicted octanol–water partition coefficient (Wildman–Crippen LogP) is 3.79. The Morgan fingerprint density at radius 3 is 2.46 bits per heavy atom. The second-order valence-electron chi connectivity index (χ2n) is 5.74. The van der Waals surface area contributed by atoms with Crippen LogP contribution in [0.25, 0.3) is 16.8 Å². The monoisotopic (exact) mass is 350 g/mol. The number of carbonyl (C=O) groups excluding carboxylic acids is 2. The molecule has 1 aromatic heterocycles. The molecular formula is C20H18N2O4. The Bertz CT molecular complexity index is 918. The summed E-state index contributed by atoms with van der Waals surface area (Å²) < 4.78 is 10.2. The maximum absolute atomic E-state index is 11.1. The van der Waals surface area contributed by atoms with Gasteiger partial charge in [0.15, 0.2) is 0 Å². The Kier molecular flexibility index (Phi) is 5.12. The van der Waals surface area contributed by atoms with Crippen molar-refractivity contribution < 1.29 is 19.1 Å². The topological polar surface area (TPSA) is 81.3 Å². The first-order valence-electron chi connectivity index (χ1n) is 8.12. The molecule has 0 saturated heterocycles. The second-order valence-corrected chi connectivity index (χ2v) is 5.74. The van der Waals surface area contributed by atoms with E-state index in [0.717, 1.165) is 22.5 Å². The first kappa shape index (κ1) is 17.4. The molecule has 6 nitrogen and oxygen atoms in total. The van der Waals surface area contributed by atoms with Gasteiger partial charge in [-0.1, -0.05) is 12.2 Å². The van der Waals surface area contributed by atoms with E-state index < -0.39 is 0 Å². The van der Waals surface area contributed by atoms with Crippen LogP contribution in [-0.2, 0) is 14.3 Å². The average Bonchev–Trinajstić information content (AvgIpc) is 2.96. The molecule has 0 saturated carbocycles. The number of nitrogens with one attached hydrogen (secondary N) is 1. The van der Waals surface area contributed by atoms with Crippen molar-refractivity contribution in [1.82, 2.24) is 10.2 Å². The standard InChI is InChI=1S/C20H18N2O4/c1-13(23)25-17-5-3-4-15(6-9-17)19-12-20(22-21-19)16-7-10-18(11-8-16)26-14(2)24/h3-4,6-12H,5H2,1-2H3,(H,21,22). The maximum atomic E-state index is 11.1. The number of aromatic nitrogens is 2. The molecule has 6 heteroatoms. The Morgan fingerprint density at radius 2 is 1.77 bits per heavy atom. The largest absolute Gasteiger partial charge is 0.431 e. The molecule has 0 atom stereocenters. The molecule has 1 aliphatic carbocycles. The van der Waals surface area contributed by atoms with Crippen molar-refractivity contribution in [3.05, 3.63) is 66.1 Å². The van der Waals surface area contributed by atoms with Crippen LogP contribution in [0.4, 0.5) is 0 Å². The van der Waals surface area contributed by atoms with Crippen LogP contribution in [0.15, 0.2) is 60.4 Å². The van der Waals surface area contributed by atoms with Crippen LogP contribution in [0.1, 0.15) is 26.0 Å². The zero-order chi connectivity index (χ0) is 18.5. The van der Waals surface area contributed by atoms with E-state index in [4.69, 9.17) is 9.47 Å². The van der Waals surface area contributed by atoms with Crippen molar-refractivity contribution in [2.75, 3.05) is 0 Å². The minimum atomic E-state index is -0.352. The maximum Gasteiger partial charge on any atom is 0.308 e. The number of hydrogen-bond acceptors (Lipinski definition) is 5. The Balaban J connectivity index is 1.79. The molecule has 2 aromatic rings. The van der Waals surface area contributed by atoms with Crippen molar-refractivity contribution in [3.8, 4) is 17.0 Å². The fourth-order valence-corrected chi connectivity index (χ4v) is 2.53. The van der Waals surface area contributed by atoms with Gasteiger partial charge in [-0.15, -0.1) is 0 Å². The molecule has 3 rings (SSSR count). The smallest absolute Gasteiger partial charge is 0.308 e. The fourth-order valence-electron chi connectivity index (χ4n) is 2.53. The quantitative estimate of drug-likeness (QED) is 0.670. The van der Waals surface area contributed by atoms with Gasteiger partial charge < -0.3 is 9.47 Å². The molecule has 0 aliphatic heterocycles. The lowest BCUT2D eigenvalue weighted by Crippen LogP contribution is -2.00.